The van der Waals surface area contributed by atoms with Crippen LogP contribution in [0.4, 0.5) is 5.82 Å². The Morgan fingerprint density at radius 1 is 0.963 bits per heavy atom. The molecule has 0 saturated heterocycles. The Labute approximate surface area is 161 Å². The fourth-order valence-corrected chi connectivity index (χ4v) is 3.06. The van der Waals surface area contributed by atoms with Crippen molar-refractivity contribution >= 4 is 35.0 Å². The molecule has 0 atom stereocenters. The first kappa shape index (κ1) is 17.1. The average Bonchev–Trinajstić information content (AvgIpc) is 3.05. The molecule has 2 heterocycles. The molecule has 0 unspecified atom stereocenters. The number of aromatic nitrogens is 2. The van der Waals surface area contributed by atoms with Crippen LogP contribution < -0.4 is 9.72 Å². The number of hydrogen-bond acceptors (Lipinski definition) is 1. The molecule has 1 amide bonds. The minimum Gasteiger partial charge on any atom is -0.267 e. The number of aromatic amines is 1. The van der Waals surface area contributed by atoms with E-state index in [-0.39, 0.29) is 5.91 Å². The summed E-state index contributed by atoms with van der Waals surface area (Å²) in [6.45, 7) is 0. The van der Waals surface area contributed by atoms with Gasteiger partial charge in [0.05, 0.1) is 11.2 Å². The predicted octanol–water partition coefficient (Wildman–Crippen LogP) is 4.73. The molecule has 0 saturated carbocycles. The van der Waals surface area contributed by atoms with E-state index in [1.54, 1.807) is 12.3 Å². The van der Waals surface area contributed by atoms with E-state index in [2.05, 4.69) is 10.3 Å². The molecule has 4 aromatic rings. The number of hydrogen-bond donors (Lipinski definition) is 2. The quantitative estimate of drug-likeness (QED) is 0.394. The van der Waals surface area contributed by atoms with Gasteiger partial charge in [0.25, 0.3) is 5.82 Å². The number of anilines is 1. The number of fused-ring (bicyclic) bond motifs is 1. The molecule has 27 heavy (non-hydrogen) atoms. The van der Waals surface area contributed by atoms with Gasteiger partial charge in [0, 0.05) is 17.7 Å². The van der Waals surface area contributed by atoms with Gasteiger partial charge in [-0.2, -0.15) is 0 Å². The van der Waals surface area contributed by atoms with E-state index in [0.717, 1.165) is 22.5 Å². The van der Waals surface area contributed by atoms with Crippen molar-refractivity contribution in [3.05, 3.63) is 95.7 Å². The molecule has 2 aromatic heterocycles. The summed E-state index contributed by atoms with van der Waals surface area (Å²) in [5.41, 5.74) is 3.59. The lowest BCUT2D eigenvalue weighted by Crippen LogP contribution is -2.26. The molecule has 4 nitrogen and oxygen atoms in total. The lowest BCUT2D eigenvalue weighted by atomic mass is 10.1. The summed E-state index contributed by atoms with van der Waals surface area (Å²) in [7, 11) is 0. The van der Waals surface area contributed by atoms with Gasteiger partial charge < -0.3 is 0 Å². The van der Waals surface area contributed by atoms with Crippen molar-refractivity contribution in [2.45, 2.75) is 0 Å². The highest BCUT2D eigenvalue weighted by Crippen LogP contribution is 2.25. The zero-order valence-electron chi connectivity index (χ0n) is 14.4. The van der Waals surface area contributed by atoms with E-state index in [1.807, 2.05) is 77.2 Å². The van der Waals surface area contributed by atoms with Crippen LogP contribution in [-0.4, -0.2) is 10.9 Å². The van der Waals surface area contributed by atoms with E-state index in [4.69, 9.17) is 11.6 Å². The number of nitrogens with one attached hydrogen (secondary N) is 2. The van der Waals surface area contributed by atoms with Crippen molar-refractivity contribution in [1.29, 1.82) is 0 Å². The molecule has 0 aliphatic carbocycles. The van der Waals surface area contributed by atoms with Gasteiger partial charge in [0.2, 0.25) is 5.65 Å². The number of nitrogens with zero attached hydrogens (tertiary/aromatic N) is 1. The predicted molar refractivity (Wildman–Crippen MR) is 109 cm³/mol. The van der Waals surface area contributed by atoms with Crippen LogP contribution in [0.1, 0.15) is 5.56 Å². The molecule has 2 aromatic carbocycles. The maximum Gasteiger partial charge on any atom is 0.304 e. The van der Waals surface area contributed by atoms with Gasteiger partial charge in [-0.1, -0.05) is 72.3 Å². The zero-order valence-corrected chi connectivity index (χ0v) is 15.1. The van der Waals surface area contributed by atoms with Crippen LogP contribution in [0.3, 0.4) is 0 Å². The highest BCUT2D eigenvalue weighted by molar-refractivity contribution is 6.30. The summed E-state index contributed by atoms with van der Waals surface area (Å²) >= 11 is 6.16. The number of imidazole rings is 1. The van der Waals surface area contributed by atoms with Gasteiger partial charge >= 0.3 is 5.91 Å². The molecular weight excluding hydrogens is 358 g/mol. The van der Waals surface area contributed by atoms with Gasteiger partial charge in [-0.15, -0.1) is 0 Å². The van der Waals surface area contributed by atoms with Crippen LogP contribution in [0.2, 0.25) is 5.02 Å². The van der Waals surface area contributed by atoms with Crippen molar-refractivity contribution in [3.8, 4) is 11.3 Å². The summed E-state index contributed by atoms with van der Waals surface area (Å²) in [6.07, 6.45) is 5.08. The van der Waals surface area contributed by atoms with Gasteiger partial charge in [-0.05, 0) is 17.7 Å². The Balaban J connectivity index is 1.72. The first-order chi connectivity index (χ1) is 13.2. The van der Waals surface area contributed by atoms with Gasteiger partial charge in [-0.25, -0.2) is 9.72 Å². The summed E-state index contributed by atoms with van der Waals surface area (Å²) < 4.78 is 1.85. The van der Waals surface area contributed by atoms with E-state index in [1.165, 1.54) is 6.08 Å². The molecule has 2 N–H and O–H groups in total. The highest BCUT2D eigenvalue weighted by atomic mass is 35.5. The van der Waals surface area contributed by atoms with E-state index < -0.39 is 0 Å². The number of rotatable bonds is 4. The normalized spacial score (nSPS) is 11.1. The minimum absolute atomic E-state index is 0.218. The molecule has 0 aliphatic rings. The summed E-state index contributed by atoms with van der Waals surface area (Å²) in [4.78, 5) is 15.9. The molecular formula is C22H17ClN3O+. The minimum atomic E-state index is -0.218. The third-order valence-electron chi connectivity index (χ3n) is 4.17. The van der Waals surface area contributed by atoms with Crippen molar-refractivity contribution in [2.24, 2.45) is 0 Å². The third-order valence-corrected chi connectivity index (χ3v) is 4.40. The maximum absolute atomic E-state index is 12.5. The number of H-pyrrole nitrogens is 1. The van der Waals surface area contributed by atoms with Crippen molar-refractivity contribution in [1.82, 2.24) is 4.98 Å². The average molecular weight is 375 g/mol. The number of carbonyl (C=O) groups is 1. The van der Waals surface area contributed by atoms with E-state index in [9.17, 15) is 4.79 Å². The van der Waals surface area contributed by atoms with Crippen molar-refractivity contribution in [2.75, 3.05) is 5.32 Å². The van der Waals surface area contributed by atoms with Crippen LogP contribution in [0, 0.1) is 0 Å². The fraction of sp³-hybridized carbons (Fsp3) is 0. The Morgan fingerprint density at radius 3 is 2.41 bits per heavy atom. The lowest BCUT2D eigenvalue weighted by Gasteiger charge is -2.00. The molecule has 132 valence electrons. The standard InChI is InChI=1S/C22H16ClN3O/c23-18-12-13-19-24-21(17-9-5-2-6-10-17)22(26(19)15-18)25-20(27)14-11-16-7-3-1-4-8-16/h1-15H,(H,25,27)/p+1/b14-11+. The number of amides is 1. The SMILES string of the molecule is O=C(/C=C/c1ccccc1)Nc1c(-c2ccccc2)[nH]c2ccc(Cl)c[n+]12. The summed E-state index contributed by atoms with van der Waals surface area (Å²) in [5.74, 6) is 0.422. The smallest absolute Gasteiger partial charge is 0.267 e. The number of halogens is 1. The molecule has 0 bridgehead atoms. The first-order valence-electron chi connectivity index (χ1n) is 8.53. The number of benzene rings is 2. The molecule has 5 heteroatoms. The maximum atomic E-state index is 12.5. The molecule has 0 spiro atoms. The van der Waals surface area contributed by atoms with E-state index in [0.29, 0.717) is 10.8 Å². The highest BCUT2D eigenvalue weighted by Gasteiger charge is 2.22. The fourth-order valence-electron chi connectivity index (χ4n) is 2.90. The van der Waals surface area contributed by atoms with Crippen LogP contribution in [0.25, 0.3) is 23.0 Å². The Kier molecular flexibility index (Phi) is 4.73. The second kappa shape index (κ2) is 7.48. The van der Waals surface area contributed by atoms with Crippen molar-refractivity contribution < 1.29 is 9.20 Å². The zero-order chi connectivity index (χ0) is 18.6. The Morgan fingerprint density at radius 2 is 1.67 bits per heavy atom. The second-order valence-corrected chi connectivity index (χ2v) is 6.49. The summed E-state index contributed by atoms with van der Waals surface area (Å²) in [5, 5.41) is 3.56. The monoisotopic (exact) mass is 374 g/mol. The molecule has 0 radical (unpaired) electrons. The molecule has 4 rings (SSSR count). The topological polar surface area (TPSA) is 49.0 Å². The number of carbonyl (C=O) groups excluding carboxylic acids is 1. The second-order valence-electron chi connectivity index (χ2n) is 6.05. The lowest BCUT2D eigenvalue weighted by molar-refractivity contribution is -0.493. The van der Waals surface area contributed by atoms with Crippen LogP contribution in [0.15, 0.2) is 85.1 Å². The van der Waals surface area contributed by atoms with Crippen LogP contribution in [0.5, 0.6) is 0 Å². The van der Waals surface area contributed by atoms with Crippen LogP contribution in [-0.2, 0) is 4.79 Å². The number of pyridine rings is 1. The third kappa shape index (κ3) is 3.76. The summed E-state index contributed by atoms with van der Waals surface area (Å²) in [6, 6.07) is 23.2. The Hall–Kier alpha value is -3.37. The van der Waals surface area contributed by atoms with Gasteiger partial charge in [-0.3, -0.25) is 9.78 Å². The Bertz CT molecular complexity index is 1120. The molecule has 0 fully saturated rings. The first-order valence-corrected chi connectivity index (χ1v) is 8.91. The van der Waals surface area contributed by atoms with E-state index >= 15 is 0 Å². The van der Waals surface area contributed by atoms with Gasteiger partial charge in [0.1, 0.15) is 0 Å². The largest absolute Gasteiger partial charge is 0.304 e. The van der Waals surface area contributed by atoms with Gasteiger partial charge in [0.15, 0.2) is 5.69 Å². The van der Waals surface area contributed by atoms with Crippen LogP contribution >= 0.6 is 11.6 Å². The van der Waals surface area contributed by atoms with Crippen molar-refractivity contribution in [3.63, 3.8) is 0 Å². The molecule has 0 aliphatic heterocycles.